The van der Waals surface area contributed by atoms with Crippen molar-refractivity contribution < 1.29 is 17.9 Å². The molecule has 1 aliphatic rings. The number of rotatable bonds is 6. The Hall–Kier alpha value is -2.05. The minimum atomic E-state index is -4.38. The molecule has 0 spiro atoms. The largest absolute Gasteiger partial charge is 0.468 e. The molecule has 172 valence electrons. The van der Waals surface area contributed by atoms with Crippen LogP contribution < -0.4 is 10.1 Å². The summed E-state index contributed by atoms with van der Waals surface area (Å²) in [6.07, 6.45) is 3.78. The van der Waals surface area contributed by atoms with E-state index in [0.29, 0.717) is 18.5 Å². The highest BCUT2D eigenvalue weighted by atomic mass is 127. The molecule has 0 saturated carbocycles. The summed E-state index contributed by atoms with van der Waals surface area (Å²) in [6.45, 7) is 5.75. The molecule has 0 aromatic carbocycles. The molecule has 1 aliphatic heterocycles. The lowest BCUT2D eigenvalue weighted by molar-refractivity contribution is -0.154. The summed E-state index contributed by atoms with van der Waals surface area (Å²) in [7, 11) is 0. The van der Waals surface area contributed by atoms with Gasteiger partial charge in [-0.2, -0.15) is 13.2 Å². The number of aliphatic imine (C=N–C) groups is 1. The van der Waals surface area contributed by atoms with Gasteiger partial charge < -0.3 is 19.5 Å². The lowest BCUT2D eigenvalue weighted by atomic mass is 9.93. The number of hydrogen-bond acceptors (Lipinski definition) is 4. The van der Waals surface area contributed by atoms with Crippen molar-refractivity contribution in [2.45, 2.75) is 39.0 Å². The zero-order valence-corrected chi connectivity index (χ0v) is 19.9. The van der Waals surface area contributed by atoms with Crippen LogP contribution in [0.3, 0.4) is 0 Å². The van der Waals surface area contributed by atoms with Crippen molar-refractivity contribution in [2.75, 3.05) is 26.2 Å². The Morgan fingerprint density at radius 1 is 1.35 bits per heavy atom. The van der Waals surface area contributed by atoms with Crippen LogP contribution in [-0.2, 0) is 6.54 Å². The number of nitrogens with one attached hydrogen (secondary N) is 1. The maximum absolute atomic E-state index is 12.2. The number of imidazole rings is 1. The Kier molecular flexibility index (Phi) is 9.38. The first kappa shape index (κ1) is 25.2. The van der Waals surface area contributed by atoms with Gasteiger partial charge in [0.05, 0.1) is 18.9 Å². The van der Waals surface area contributed by atoms with Crippen LogP contribution in [0, 0.1) is 5.92 Å². The van der Waals surface area contributed by atoms with Gasteiger partial charge in [0.1, 0.15) is 0 Å². The Morgan fingerprint density at radius 2 is 2.16 bits per heavy atom. The molecule has 2 aromatic rings. The number of hydrogen-bond donors (Lipinski definition) is 1. The molecule has 0 radical (unpaired) electrons. The predicted molar refractivity (Wildman–Crippen MR) is 123 cm³/mol. The third-order valence-electron chi connectivity index (χ3n) is 5.05. The summed E-state index contributed by atoms with van der Waals surface area (Å²) in [5.41, 5.74) is 0.793. The van der Waals surface area contributed by atoms with E-state index in [1.165, 1.54) is 12.3 Å². The quantitative estimate of drug-likeness (QED) is 0.335. The normalized spacial score (nSPS) is 19.6. The van der Waals surface area contributed by atoms with Crippen LogP contribution >= 0.6 is 24.0 Å². The van der Waals surface area contributed by atoms with Gasteiger partial charge in [0, 0.05) is 44.3 Å². The molecule has 0 bridgehead atoms. The first-order chi connectivity index (χ1) is 14.4. The van der Waals surface area contributed by atoms with E-state index >= 15 is 0 Å². The number of guanidine groups is 1. The molecule has 31 heavy (non-hydrogen) atoms. The lowest BCUT2D eigenvalue weighted by Gasteiger charge is -2.39. The van der Waals surface area contributed by atoms with Gasteiger partial charge in [-0.3, -0.25) is 0 Å². The van der Waals surface area contributed by atoms with E-state index in [1.54, 1.807) is 12.3 Å². The van der Waals surface area contributed by atoms with Crippen LogP contribution in [-0.4, -0.2) is 57.8 Å². The Balaban J connectivity index is 0.00000341. The number of pyridine rings is 1. The minimum Gasteiger partial charge on any atom is -0.468 e. The maximum Gasteiger partial charge on any atom is 0.422 e. The average molecular weight is 552 g/mol. The van der Waals surface area contributed by atoms with Gasteiger partial charge in [0.2, 0.25) is 5.88 Å². The highest BCUT2D eigenvalue weighted by molar-refractivity contribution is 14.0. The Labute approximate surface area is 197 Å². The number of aromatic nitrogens is 3. The fourth-order valence-electron chi connectivity index (χ4n) is 3.43. The fourth-order valence-corrected chi connectivity index (χ4v) is 3.43. The van der Waals surface area contributed by atoms with Crippen LogP contribution in [0.1, 0.15) is 31.9 Å². The SMILES string of the molecule is CCNC(=NCc1ccc(OCC(F)(F)F)nc1)N1CCC(C)C(n2ccnc2)C1.I. The lowest BCUT2D eigenvalue weighted by Crippen LogP contribution is -2.49. The molecule has 1 fully saturated rings. The standard InChI is InChI=1S/C20H27F3N6O.HI/c1-3-25-19(28-8-6-15(2)17(12-28)29-9-7-24-14-29)27-11-16-4-5-18(26-10-16)30-13-20(21,22)23;/h4-5,7,9-10,14-15,17H,3,6,8,11-13H2,1-2H3,(H,25,27);1H. The molecular formula is C20H28F3IN6O. The summed E-state index contributed by atoms with van der Waals surface area (Å²) in [4.78, 5) is 15.1. The van der Waals surface area contributed by atoms with Crippen LogP contribution in [0.2, 0.25) is 0 Å². The molecule has 11 heteroatoms. The highest BCUT2D eigenvalue weighted by Gasteiger charge is 2.29. The van der Waals surface area contributed by atoms with Crippen LogP contribution in [0.15, 0.2) is 42.0 Å². The van der Waals surface area contributed by atoms with Crippen LogP contribution in [0.4, 0.5) is 13.2 Å². The van der Waals surface area contributed by atoms with Crippen LogP contribution in [0.25, 0.3) is 0 Å². The Morgan fingerprint density at radius 3 is 2.77 bits per heavy atom. The molecule has 0 amide bonds. The van der Waals surface area contributed by atoms with Crippen molar-refractivity contribution in [3.63, 3.8) is 0 Å². The van der Waals surface area contributed by atoms with Gasteiger partial charge in [0.25, 0.3) is 0 Å². The van der Waals surface area contributed by atoms with Gasteiger partial charge in [-0.1, -0.05) is 13.0 Å². The molecule has 7 nitrogen and oxygen atoms in total. The minimum absolute atomic E-state index is 0. The van der Waals surface area contributed by atoms with E-state index in [1.807, 2.05) is 19.4 Å². The molecule has 1 N–H and O–H groups in total. The summed E-state index contributed by atoms with van der Waals surface area (Å²) in [5, 5.41) is 3.33. The zero-order chi connectivity index (χ0) is 21.6. The molecule has 2 atom stereocenters. The zero-order valence-electron chi connectivity index (χ0n) is 17.5. The van der Waals surface area contributed by atoms with Crippen LogP contribution in [0.5, 0.6) is 5.88 Å². The summed E-state index contributed by atoms with van der Waals surface area (Å²) in [5.74, 6) is 1.29. The molecule has 3 heterocycles. The molecule has 2 unspecified atom stereocenters. The number of piperidine rings is 1. The van der Waals surface area contributed by atoms with Gasteiger partial charge >= 0.3 is 6.18 Å². The average Bonchev–Trinajstić information content (AvgIpc) is 3.25. The van der Waals surface area contributed by atoms with Crippen molar-refractivity contribution in [3.8, 4) is 5.88 Å². The smallest absolute Gasteiger partial charge is 0.422 e. The van der Waals surface area contributed by atoms with Crippen molar-refractivity contribution >= 4 is 29.9 Å². The highest BCUT2D eigenvalue weighted by Crippen LogP contribution is 2.27. The monoisotopic (exact) mass is 552 g/mol. The van der Waals surface area contributed by atoms with E-state index in [9.17, 15) is 13.2 Å². The van der Waals surface area contributed by atoms with Crippen molar-refractivity contribution in [1.82, 2.24) is 24.8 Å². The summed E-state index contributed by atoms with van der Waals surface area (Å²) >= 11 is 0. The van der Waals surface area contributed by atoms with Crippen molar-refractivity contribution in [2.24, 2.45) is 10.9 Å². The van der Waals surface area contributed by atoms with E-state index in [-0.39, 0.29) is 29.9 Å². The van der Waals surface area contributed by atoms with E-state index < -0.39 is 12.8 Å². The number of likely N-dealkylation sites (tertiary alicyclic amines) is 1. The first-order valence-electron chi connectivity index (χ1n) is 10.0. The third-order valence-corrected chi connectivity index (χ3v) is 5.05. The first-order valence-corrected chi connectivity index (χ1v) is 10.0. The molecular weight excluding hydrogens is 524 g/mol. The van der Waals surface area contributed by atoms with E-state index in [2.05, 4.69) is 36.4 Å². The maximum atomic E-state index is 12.2. The summed E-state index contributed by atoms with van der Waals surface area (Å²) in [6, 6.07) is 3.43. The van der Waals surface area contributed by atoms with Gasteiger partial charge in [-0.15, -0.1) is 24.0 Å². The topological polar surface area (TPSA) is 67.6 Å². The third kappa shape index (κ3) is 7.54. The second-order valence-corrected chi connectivity index (χ2v) is 7.37. The Bertz CT molecular complexity index is 813. The van der Waals surface area contributed by atoms with Gasteiger partial charge in [0.15, 0.2) is 12.6 Å². The predicted octanol–water partition coefficient (Wildman–Crippen LogP) is 3.89. The molecule has 2 aromatic heterocycles. The van der Waals surface area contributed by atoms with Gasteiger partial charge in [-0.05, 0) is 24.8 Å². The number of ether oxygens (including phenoxy) is 1. The fraction of sp³-hybridized carbons (Fsp3) is 0.550. The van der Waals surface area contributed by atoms with Crippen molar-refractivity contribution in [1.29, 1.82) is 0 Å². The van der Waals surface area contributed by atoms with E-state index in [0.717, 1.165) is 37.6 Å². The second-order valence-electron chi connectivity index (χ2n) is 7.37. The van der Waals surface area contributed by atoms with E-state index in [4.69, 9.17) is 4.99 Å². The second kappa shape index (κ2) is 11.5. The molecule has 3 rings (SSSR count). The molecule has 1 saturated heterocycles. The number of nitrogens with zero attached hydrogens (tertiary/aromatic N) is 5. The number of alkyl halides is 3. The molecule has 0 aliphatic carbocycles. The van der Waals surface area contributed by atoms with Gasteiger partial charge in [-0.25, -0.2) is 15.0 Å². The van der Waals surface area contributed by atoms with Crippen molar-refractivity contribution in [3.05, 3.63) is 42.6 Å². The number of halogens is 4. The summed E-state index contributed by atoms with van der Waals surface area (Å²) < 4.78 is 43.5.